The fourth-order valence-corrected chi connectivity index (χ4v) is 3.35. The third-order valence-corrected chi connectivity index (χ3v) is 4.23. The lowest BCUT2D eigenvalue weighted by molar-refractivity contribution is 0.371. The Balaban J connectivity index is 2.06. The van der Waals surface area contributed by atoms with E-state index >= 15 is 0 Å². The second kappa shape index (κ2) is 3.74. The number of hydrogen-bond donors (Lipinski definition) is 2. The molecule has 6 heteroatoms. The molecule has 1 aromatic rings. The monoisotopic (exact) mass is 233 g/mol. The minimum absolute atomic E-state index is 0.218. The molecule has 0 unspecified atom stereocenters. The Hall–Kier alpha value is -0.220. The molecule has 1 aliphatic rings. The van der Waals surface area contributed by atoms with E-state index in [0.717, 1.165) is 5.69 Å². The number of hydrogen-bond acceptors (Lipinski definition) is 3. The van der Waals surface area contributed by atoms with Gasteiger partial charge in [0.25, 0.3) is 0 Å². The molecule has 0 aliphatic heterocycles. The first-order valence-electron chi connectivity index (χ1n) is 4.53. The highest BCUT2D eigenvalue weighted by atomic mass is 32.1. The molecule has 78 valence electrons. The summed E-state index contributed by atoms with van der Waals surface area (Å²) in [7, 11) is -3.95. The van der Waals surface area contributed by atoms with E-state index in [0.29, 0.717) is 10.9 Å². The molecule has 14 heavy (non-hydrogen) atoms. The maximum atomic E-state index is 10.7. The van der Waals surface area contributed by atoms with Gasteiger partial charge >= 0.3 is 7.60 Å². The van der Waals surface area contributed by atoms with E-state index < -0.39 is 7.60 Å². The van der Waals surface area contributed by atoms with Gasteiger partial charge in [0.2, 0.25) is 0 Å². The van der Waals surface area contributed by atoms with Crippen molar-refractivity contribution in [1.82, 2.24) is 4.98 Å². The number of nitrogens with zero attached hydrogens (tertiary/aromatic N) is 1. The summed E-state index contributed by atoms with van der Waals surface area (Å²) in [5, 5.41) is 2.48. The molecule has 2 rings (SSSR count). The zero-order valence-corrected chi connectivity index (χ0v) is 9.30. The Labute approximate surface area is 86.2 Å². The first-order chi connectivity index (χ1) is 6.54. The lowest BCUT2D eigenvalue weighted by Gasteiger charge is -2.22. The van der Waals surface area contributed by atoms with E-state index in [1.807, 2.05) is 5.38 Å². The summed E-state index contributed by atoms with van der Waals surface area (Å²) < 4.78 is 10.7. The molecular weight excluding hydrogens is 221 g/mol. The van der Waals surface area contributed by atoms with Gasteiger partial charge in [-0.25, -0.2) is 4.98 Å². The summed E-state index contributed by atoms with van der Waals surface area (Å²) in [5.41, 5.74) is 1.02. The standard InChI is InChI=1S/C8H12NO3PS/c10-13(11,12)4-8-9-7(5-14-8)6-2-1-3-6/h5-6H,1-4H2,(H2,10,11,12). The molecule has 4 nitrogen and oxygen atoms in total. The van der Waals surface area contributed by atoms with E-state index in [-0.39, 0.29) is 6.16 Å². The van der Waals surface area contributed by atoms with Crippen LogP contribution in [0.2, 0.25) is 0 Å². The molecule has 1 aromatic heterocycles. The van der Waals surface area contributed by atoms with Gasteiger partial charge in [-0.05, 0) is 12.8 Å². The molecule has 0 saturated heterocycles. The molecule has 0 aromatic carbocycles. The summed E-state index contributed by atoms with van der Waals surface area (Å²) in [6, 6.07) is 0. The second-order valence-electron chi connectivity index (χ2n) is 3.62. The van der Waals surface area contributed by atoms with Crippen molar-refractivity contribution in [3.8, 4) is 0 Å². The highest BCUT2D eigenvalue weighted by Gasteiger charge is 2.23. The number of thiazole rings is 1. The quantitative estimate of drug-likeness (QED) is 0.784. The van der Waals surface area contributed by atoms with Crippen molar-refractivity contribution in [1.29, 1.82) is 0 Å². The minimum atomic E-state index is -3.95. The normalized spacial score (nSPS) is 18.1. The topological polar surface area (TPSA) is 70.4 Å². The van der Waals surface area contributed by atoms with Gasteiger partial charge in [0, 0.05) is 11.3 Å². The van der Waals surface area contributed by atoms with Crippen molar-refractivity contribution < 1.29 is 14.4 Å². The fourth-order valence-electron chi connectivity index (χ4n) is 1.47. The van der Waals surface area contributed by atoms with Crippen LogP contribution in [0.15, 0.2) is 5.38 Å². The first kappa shape index (κ1) is 10.3. The van der Waals surface area contributed by atoms with Crippen molar-refractivity contribution in [3.05, 3.63) is 16.1 Å². The van der Waals surface area contributed by atoms with Gasteiger partial charge in [0.15, 0.2) is 0 Å². The smallest absolute Gasteiger partial charge is 0.324 e. The minimum Gasteiger partial charge on any atom is -0.324 e. The van der Waals surface area contributed by atoms with Crippen LogP contribution < -0.4 is 0 Å². The molecule has 1 fully saturated rings. The van der Waals surface area contributed by atoms with Crippen LogP contribution in [0.4, 0.5) is 0 Å². The molecule has 1 heterocycles. The van der Waals surface area contributed by atoms with Crippen LogP contribution in [0.1, 0.15) is 35.9 Å². The fraction of sp³-hybridized carbons (Fsp3) is 0.625. The third-order valence-electron chi connectivity index (χ3n) is 2.43. The van der Waals surface area contributed by atoms with Gasteiger partial charge < -0.3 is 9.79 Å². The second-order valence-corrected chi connectivity index (χ2v) is 6.20. The van der Waals surface area contributed by atoms with Crippen LogP contribution in [0.3, 0.4) is 0 Å². The first-order valence-corrected chi connectivity index (χ1v) is 7.21. The predicted octanol–water partition coefficient (Wildman–Crippen LogP) is 2.09. The van der Waals surface area contributed by atoms with Crippen molar-refractivity contribution in [2.75, 3.05) is 0 Å². The van der Waals surface area contributed by atoms with Gasteiger partial charge in [-0.15, -0.1) is 11.3 Å². The number of aromatic nitrogens is 1. The molecule has 1 saturated carbocycles. The Bertz CT molecular complexity index is 368. The zero-order chi connectivity index (χ0) is 10.2. The Morgan fingerprint density at radius 3 is 2.79 bits per heavy atom. The van der Waals surface area contributed by atoms with Crippen LogP contribution in [0.25, 0.3) is 0 Å². The molecule has 1 aliphatic carbocycles. The lowest BCUT2D eigenvalue weighted by Crippen LogP contribution is -2.08. The van der Waals surface area contributed by atoms with Crippen molar-refractivity contribution in [2.24, 2.45) is 0 Å². The van der Waals surface area contributed by atoms with Gasteiger partial charge in [0.05, 0.1) is 5.69 Å². The average Bonchev–Trinajstić information content (AvgIpc) is 2.28. The Kier molecular flexibility index (Phi) is 2.75. The predicted molar refractivity (Wildman–Crippen MR) is 54.5 cm³/mol. The van der Waals surface area contributed by atoms with Gasteiger partial charge in [-0.3, -0.25) is 4.57 Å². The van der Waals surface area contributed by atoms with E-state index in [9.17, 15) is 4.57 Å². The average molecular weight is 233 g/mol. The van der Waals surface area contributed by atoms with Crippen LogP contribution in [-0.4, -0.2) is 14.8 Å². The molecule has 0 amide bonds. The van der Waals surface area contributed by atoms with Crippen molar-refractivity contribution >= 4 is 18.9 Å². The molecule has 0 radical (unpaired) electrons. The van der Waals surface area contributed by atoms with Gasteiger partial charge in [0.1, 0.15) is 11.2 Å². The summed E-state index contributed by atoms with van der Waals surface area (Å²) in [6.45, 7) is 0. The molecule has 0 spiro atoms. The van der Waals surface area contributed by atoms with E-state index in [4.69, 9.17) is 9.79 Å². The molecule has 0 bridgehead atoms. The number of rotatable bonds is 3. The van der Waals surface area contributed by atoms with E-state index in [2.05, 4.69) is 4.98 Å². The zero-order valence-electron chi connectivity index (χ0n) is 7.59. The summed E-state index contributed by atoms with van der Waals surface area (Å²) in [5.74, 6) is 0.539. The van der Waals surface area contributed by atoms with Gasteiger partial charge in [-0.1, -0.05) is 6.42 Å². The van der Waals surface area contributed by atoms with Crippen molar-refractivity contribution in [2.45, 2.75) is 31.3 Å². The van der Waals surface area contributed by atoms with E-state index in [1.54, 1.807) is 0 Å². The highest BCUT2D eigenvalue weighted by Crippen LogP contribution is 2.42. The molecule has 2 N–H and O–H groups in total. The summed E-state index contributed by atoms with van der Waals surface area (Å²) >= 11 is 1.35. The lowest BCUT2D eigenvalue weighted by atomic mass is 9.83. The largest absolute Gasteiger partial charge is 0.332 e. The Morgan fingerprint density at radius 1 is 1.57 bits per heavy atom. The summed E-state index contributed by atoms with van der Waals surface area (Å²) in [4.78, 5) is 21.8. The van der Waals surface area contributed by atoms with Crippen LogP contribution in [0, 0.1) is 0 Å². The summed E-state index contributed by atoms with van der Waals surface area (Å²) in [6.07, 6.45) is 3.36. The Morgan fingerprint density at radius 2 is 2.29 bits per heavy atom. The van der Waals surface area contributed by atoms with Crippen LogP contribution >= 0.6 is 18.9 Å². The SMILES string of the molecule is O=P(O)(O)Cc1nc(C2CCC2)cs1. The van der Waals surface area contributed by atoms with E-state index in [1.165, 1.54) is 30.6 Å². The van der Waals surface area contributed by atoms with Crippen molar-refractivity contribution in [3.63, 3.8) is 0 Å². The van der Waals surface area contributed by atoms with Gasteiger partial charge in [-0.2, -0.15) is 0 Å². The van der Waals surface area contributed by atoms with Crippen LogP contribution in [0.5, 0.6) is 0 Å². The molecular formula is C8H12NO3PS. The van der Waals surface area contributed by atoms with Crippen LogP contribution in [-0.2, 0) is 10.7 Å². The highest BCUT2D eigenvalue weighted by molar-refractivity contribution is 7.51. The maximum Gasteiger partial charge on any atom is 0.332 e. The molecule has 0 atom stereocenters. The third kappa shape index (κ3) is 2.42. The maximum absolute atomic E-state index is 10.7.